The maximum Gasteiger partial charge on any atom is 0.143 e. The first kappa shape index (κ1) is 13.5. The van der Waals surface area contributed by atoms with Gasteiger partial charge in [0.25, 0.3) is 0 Å². The Morgan fingerprint density at radius 3 is 2.67 bits per heavy atom. The predicted molar refractivity (Wildman–Crippen MR) is 81.1 cm³/mol. The van der Waals surface area contributed by atoms with Gasteiger partial charge in [-0.05, 0) is 23.3 Å². The second-order valence-electron chi connectivity index (χ2n) is 4.88. The Bertz CT molecular complexity index is 749. The van der Waals surface area contributed by atoms with E-state index in [1.165, 1.54) is 6.07 Å². The van der Waals surface area contributed by atoms with Gasteiger partial charge in [0.15, 0.2) is 0 Å². The molecule has 0 spiro atoms. The van der Waals surface area contributed by atoms with Crippen LogP contribution in [-0.2, 0) is 13.1 Å². The SMILES string of the molecule is NCc1cccc(Cn2ccnc2-c2ccccc2F)c1. The third kappa shape index (κ3) is 2.85. The lowest BCUT2D eigenvalue weighted by molar-refractivity contribution is 0.628. The molecule has 0 fully saturated rings. The summed E-state index contributed by atoms with van der Waals surface area (Å²) in [5.74, 6) is 0.368. The summed E-state index contributed by atoms with van der Waals surface area (Å²) in [6.45, 7) is 1.15. The number of imidazole rings is 1. The molecule has 3 rings (SSSR count). The summed E-state index contributed by atoms with van der Waals surface area (Å²) < 4.78 is 15.9. The zero-order valence-electron chi connectivity index (χ0n) is 11.5. The summed E-state index contributed by atoms with van der Waals surface area (Å²) in [6.07, 6.45) is 3.55. The molecule has 0 bridgehead atoms. The minimum absolute atomic E-state index is 0.263. The highest BCUT2D eigenvalue weighted by molar-refractivity contribution is 5.56. The predicted octanol–water partition coefficient (Wildman–Crippen LogP) is 3.20. The van der Waals surface area contributed by atoms with Gasteiger partial charge in [0, 0.05) is 25.5 Å². The van der Waals surface area contributed by atoms with Crippen molar-refractivity contribution < 1.29 is 4.39 Å². The van der Waals surface area contributed by atoms with E-state index in [-0.39, 0.29) is 5.82 Å². The molecule has 106 valence electrons. The summed E-state index contributed by atoms with van der Waals surface area (Å²) >= 11 is 0. The normalized spacial score (nSPS) is 10.8. The Balaban J connectivity index is 1.94. The van der Waals surface area contributed by atoms with Crippen LogP contribution in [0.4, 0.5) is 4.39 Å². The molecule has 4 heteroatoms. The van der Waals surface area contributed by atoms with Gasteiger partial charge in [0.1, 0.15) is 11.6 Å². The molecule has 2 N–H and O–H groups in total. The average Bonchev–Trinajstić information content (AvgIpc) is 2.96. The maximum absolute atomic E-state index is 13.9. The molecule has 0 aliphatic heterocycles. The van der Waals surface area contributed by atoms with Gasteiger partial charge < -0.3 is 10.3 Å². The summed E-state index contributed by atoms with van der Waals surface area (Å²) in [4.78, 5) is 4.28. The van der Waals surface area contributed by atoms with Crippen LogP contribution in [0.25, 0.3) is 11.4 Å². The van der Waals surface area contributed by atoms with Gasteiger partial charge in [-0.3, -0.25) is 0 Å². The van der Waals surface area contributed by atoms with Crippen LogP contribution in [0.2, 0.25) is 0 Å². The van der Waals surface area contributed by atoms with E-state index in [0.717, 1.165) is 11.1 Å². The van der Waals surface area contributed by atoms with Gasteiger partial charge in [0.2, 0.25) is 0 Å². The molecule has 0 aliphatic carbocycles. The highest BCUT2D eigenvalue weighted by Gasteiger charge is 2.10. The van der Waals surface area contributed by atoms with Crippen LogP contribution in [0.5, 0.6) is 0 Å². The molecular weight excluding hydrogens is 265 g/mol. The van der Waals surface area contributed by atoms with Crippen molar-refractivity contribution in [1.82, 2.24) is 9.55 Å². The van der Waals surface area contributed by atoms with Crippen LogP contribution in [0.15, 0.2) is 60.9 Å². The number of halogens is 1. The summed E-state index contributed by atoms with van der Waals surface area (Å²) in [5, 5.41) is 0. The van der Waals surface area contributed by atoms with E-state index in [1.807, 2.05) is 35.0 Å². The minimum Gasteiger partial charge on any atom is -0.326 e. The quantitative estimate of drug-likeness (QED) is 0.798. The van der Waals surface area contributed by atoms with E-state index >= 15 is 0 Å². The molecule has 2 aromatic carbocycles. The lowest BCUT2D eigenvalue weighted by Gasteiger charge is -2.09. The van der Waals surface area contributed by atoms with Crippen LogP contribution in [0.3, 0.4) is 0 Å². The van der Waals surface area contributed by atoms with Crippen molar-refractivity contribution in [1.29, 1.82) is 0 Å². The van der Waals surface area contributed by atoms with Crippen LogP contribution in [0.1, 0.15) is 11.1 Å². The third-order valence-corrected chi connectivity index (χ3v) is 3.41. The molecule has 0 saturated carbocycles. The van der Waals surface area contributed by atoms with Crippen LogP contribution in [-0.4, -0.2) is 9.55 Å². The number of nitrogens with zero attached hydrogens (tertiary/aromatic N) is 2. The van der Waals surface area contributed by atoms with Crippen molar-refractivity contribution in [2.75, 3.05) is 0 Å². The van der Waals surface area contributed by atoms with Crippen molar-refractivity contribution in [3.63, 3.8) is 0 Å². The van der Waals surface area contributed by atoms with E-state index in [9.17, 15) is 4.39 Å². The fraction of sp³-hybridized carbons (Fsp3) is 0.118. The lowest BCUT2D eigenvalue weighted by atomic mass is 10.1. The summed E-state index contributed by atoms with van der Waals surface area (Å²) in [5.41, 5.74) is 8.38. The second kappa shape index (κ2) is 5.89. The Morgan fingerprint density at radius 2 is 1.86 bits per heavy atom. The average molecular weight is 281 g/mol. The van der Waals surface area contributed by atoms with Crippen molar-refractivity contribution in [2.45, 2.75) is 13.1 Å². The van der Waals surface area contributed by atoms with E-state index < -0.39 is 0 Å². The van der Waals surface area contributed by atoms with Crippen molar-refractivity contribution in [2.24, 2.45) is 5.73 Å². The second-order valence-corrected chi connectivity index (χ2v) is 4.88. The van der Waals surface area contributed by atoms with Gasteiger partial charge in [-0.25, -0.2) is 9.37 Å². The highest BCUT2D eigenvalue weighted by Crippen LogP contribution is 2.21. The highest BCUT2D eigenvalue weighted by atomic mass is 19.1. The first-order chi connectivity index (χ1) is 10.3. The largest absolute Gasteiger partial charge is 0.326 e. The Labute approximate surface area is 122 Å². The lowest BCUT2D eigenvalue weighted by Crippen LogP contribution is -2.03. The molecule has 0 amide bonds. The Kier molecular flexibility index (Phi) is 3.79. The third-order valence-electron chi connectivity index (χ3n) is 3.41. The molecule has 1 aromatic heterocycles. The Morgan fingerprint density at radius 1 is 1.05 bits per heavy atom. The van der Waals surface area contributed by atoms with Gasteiger partial charge >= 0.3 is 0 Å². The monoisotopic (exact) mass is 281 g/mol. The van der Waals surface area contributed by atoms with Gasteiger partial charge in [-0.15, -0.1) is 0 Å². The molecule has 0 aliphatic rings. The molecule has 3 nitrogen and oxygen atoms in total. The number of aromatic nitrogens is 2. The van der Waals surface area contributed by atoms with E-state index in [1.54, 1.807) is 18.3 Å². The fourth-order valence-electron chi connectivity index (χ4n) is 2.38. The zero-order valence-corrected chi connectivity index (χ0v) is 11.5. The molecule has 1 heterocycles. The number of hydrogen-bond acceptors (Lipinski definition) is 2. The van der Waals surface area contributed by atoms with Crippen molar-refractivity contribution in [3.05, 3.63) is 77.9 Å². The number of hydrogen-bond donors (Lipinski definition) is 1. The molecular formula is C17H16FN3. The molecule has 0 saturated heterocycles. The standard InChI is InChI=1S/C17H16FN3/c18-16-7-2-1-6-15(16)17-20-8-9-21(17)12-14-5-3-4-13(10-14)11-19/h1-10H,11-12,19H2. The molecule has 0 radical (unpaired) electrons. The fourth-order valence-corrected chi connectivity index (χ4v) is 2.38. The van der Waals surface area contributed by atoms with E-state index in [0.29, 0.717) is 24.5 Å². The topological polar surface area (TPSA) is 43.8 Å². The molecule has 0 atom stereocenters. The van der Waals surface area contributed by atoms with Gasteiger partial charge in [-0.2, -0.15) is 0 Å². The molecule has 3 aromatic rings. The van der Waals surface area contributed by atoms with Crippen LogP contribution >= 0.6 is 0 Å². The first-order valence-electron chi connectivity index (χ1n) is 6.82. The number of rotatable bonds is 4. The van der Waals surface area contributed by atoms with Crippen molar-refractivity contribution >= 4 is 0 Å². The van der Waals surface area contributed by atoms with E-state index in [2.05, 4.69) is 11.1 Å². The summed E-state index contributed by atoms with van der Waals surface area (Å²) in [6, 6.07) is 14.7. The number of benzene rings is 2. The van der Waals surface area contributed by atoms with Gasteiger partial charge in [0.05, 0.1) is 5.56 Å². The maximum atomic E-state index is 13.9. The smallest absolute Gasteiger partial charge is 0.143 e. The molecule has 0 unspecified atom stereocenters. The Hall–Kier alpha value is -2.46. The number of nitrogens with two attached hydrogens (primary N) is 1. The zero-order chi connectivity index (χ0) is 14.7. The van der Waals surface area contributed by atoms with Gasteiger partial charge in [-0.1, -0.05) is 36.4 Å². The molecule has 21 heavy (non-hydrogen) atoms. The minimum atomic E-state index is -0.263. The van der Waals surface area contributed by atoms with Crippen LogP contribution < -0.4 is 5.73 Å². The van der Waals surface area contributed by atoms with Crippen LogP contribution in [0, 0.1) is 5.82 Å². The summed E-state index contributed by atoms with van der Waals surface area (Å²) in [7, 11) is 0. The van der Waals surface area contributed by atoms with E-state index in [4.69, 9.17) is 5.73 Å². The first-order valence-corrected chi connectivity index (χ1v) is 6.82. The van der Waals surface area contributed by atoms with Crippen molar-refractivity contribution in [3.8, 4) is 11.4 Å².